The van der Waals surface area contributed by atoms with Gasteiger partial charge < -0.3 is 10.1 Å². The third-order valence-corrected chi connectivity index (χ3v) is 3.99. The van der Waals surface area contributed by atoms with Gasteiger partial charge in [0.2, 0.25) is 5.91 Å². The summed E-state index contributed by atoms with van der Waals surface area (Å²) < 4.78 is 5.13. The van der Waals surface area contributed by atoms with Crippen LogP contribution in [0, 0.1) is 10.1 Å². The third-order valence-electron chi connectivity index (χ3n) is 3.99. The zero-order valence-corrected chi connectivity index (χ0v) is 13.4. The van der Waals surface area contributed by atoms with Gasteiger partial charge in [-0.2, -0.15) is 0 Å². The summed E-state index contributed by atoms with van der Waals surface area (Å²) in [5.41, 5.74) is 0.388. The predicted octanol–water partition coefficient (Wildman–Crippen LogP) is 2.81. The highest BCUT2D eigenvalue weighted by atomic mass is 16.6. The number of anilines is 1. The van der Waals surface area contributed by atoms with Gasteiger partial charge in [-0.1, -0.05) is 19.3 Å². The minimum atomic E-state index is -0.492. The fourth-order valence-electron chi connectivity index (χ4n) is 2.76. The average Bonchev–Trinajstić information content (AvgIpc) is 2.50. The first kappa shape index (κ1) is 17.2. The number of carbonyl (C=O) groups excluding carboxylic acids is 1. The molecule has 0 spiro atoms. The zero-order chi connectivity index (χ0) is 16.7. The van der Waals surface area contributed by atoms with E-state index in [4.69, 9.17) is 4.74 Å². The van der Waals surface area contributed by atoms with Crippen molar-refractivity contribution >= 4 is 17.3 Å². The van der Waals surface area contributed by atoms with E-state index < -0.39 is 4.92 Å². The lowest BCUT2D eigenvalue weighted by atomic mass is 10.1. The van der Waals surface area contributed by atoms with Crippen LogP contribution in [0.4, 0.5) is 11.4 Å². The molecule has 0 unspecified atom stereocenters. The Morgan fingerprint density at radius 3 is 2.52 bits per heavy atom. The lowest BCUT2D eigenvalue weighted by Gasteiger charge is -2.23. The molecule has 0 atom stereocenters. The molecule has 0 aliphatic carbocycles. The van der Waals surface area contributed by atoms with Crippen LogP contribution in [0.15, 0.2) is 18.2 Å². The number of carbonyl (C=O) groups is 1. The third kappa shape index (κ3) is 5.21. The van der Waals surface area contributed by atoms with Crippen LogP contribution < -0.4 is 10.1 Å². The summed E-state index contributed by atoms with van der Waals surface area (Å²) >= 11 is 0. The summed E-state index contributed by atoms with van der Waals surface area (Å²) in [5, 5.41) is 13.6. The van der Waals surface area contributed by atoms with Crippen LogP contribution in [0.2, 0.25) is 0 Å². The summed E-state index contributed by atoms with van der Waals surface area (Å²) in [6, 6.07) is 4.17. The largest absolute Gasteiger partial charge is 0.494 e. The zero-order valence-electron chi connectivity index (χ0n) is 13.4. The molecule has 7 heteroatoms. The number of nitro groups is 1. The first-order valence-electron chi connectivity index (χ1n) is 7.95. The van der Waals surface area contributed by atoms with Crippen molar-refractivity contribution in [2.75, 3.05) is 32.1 Å². The molecule has 1 saturated heterocycles. The number of methoxy groups -OCH3 is 1. The van der Waals surface area contributed by atoms with Crippen LogP contribution in [0.3, 0.4) is 0 Å². The number of non-ortho nitro benzene ring substituents is 1. The van der Waals surface area contributed by atoms with Crippen LogP contribution in [0.1, 0.15) is 32.1 Å². The van der Waals surface area contributed by atoms with E-state index in [1.165, 1.54) is 44.6 Å². The van der Waals surface area contributed by atoms with Gasteiger partial charge in [0.15, 0.2) is 0 Å². The molecule has 1 aromatic carbocycles. The Bertz CT molecular complexity index is 554. The van der Waals surface area contributed by atoms with Crippen molar-refractivity contribution < 1.29 is 14.5 Å². The summed E-state index contributed by atoms with van der Waals surface area (Å²) in [7, 11) is 1.42. The van der Waals surface area contributed by atoms with Crippen LogP contribution in [0.5, 0.6) is 5.75 Å². The number of likely N-dealkylation sites (tertiary alicyclic amines) is 1. The van der Waals surface area contributed by atoms with E-state index in [9.17, 15) is 14.9 Å². The molecule has 23 heavy (non-hydrogen) atoms. The van der Waals surface area contributed by atoms with E-state index in [1.807, 2.05) is 0 Å². The fourth-order valence-corrected chi connectivity index (χ4v) is 2.76. The number of nitrogens with zero attached hydrogens (tertiary/aromatic N) is 2. The van der Waals surface area contributed by atoms with Crippen molar-refractivity contribution in [2.45, 2.75) is 32.1 Å². The highest BCUT2D eigenvalue weighted by molar-refractivity contribution is 5.93. The summed E-state index contributed by atoms with van der Waals surface area (Å²) in [4.78, 5) is 24.7. The molecule has 1 heterocycles. The molecule has 1 amide bonds. The van der Waals surface area contributed by atoms with E-state index >= 15 is 0 Å². The fraction of sp³-hybridized carbons (Fsp3) is 0.562. The van der Waals surface area contributed by atoms with E-state index in [1.54, 1.807) is 0 Å². The number of hydrogen-bond acceptors (Lipinski definition) is 5. The Hall–Kier alpha value is -2.15. The Morgan fingerprint density at radius 1 is 1.26 bits per heavy atom. The van der Waals surface area contributed by atoms with Crippen molar-refractivity contribution in [2.24, 2.45) is 0 Å². The van der Waals surface area contributed by atoms with E-state index in [0.717, 1.165) is 25.9 Å². The first-order chi connectivity index (χ1) is 11.1. The van der Waals surface area contributed by atoms with Gasteiger partial charge in [0, 0.05) is 6.07 Å². The van der Waals surface area contributed by atoms with Gasteiger partial charge in [-0.25, -0.2) is 0 Å². The molecule has 0 radical (unpaired) electrons. The van der Waals surface area contributed by atoms with Gasteiger partial charge >= 0.3 is 0 Å². The molecule has 0 aromatic heterocycles. The Kier molecular flexibility index (Phi) is 6.34. The molecule has 7 nitrogen and oxygen atoms in total. The van der Waals surface area contributed by atoms with Crippen molar-refractivity contribution in [3.8, 4) is 5.75 Å². The maximum Gasteiger partial charge on any atom is 0.273 e. The number of hydrogen-bond donors (Lipinski definition) is 1. The van der Waals surface area contributed by atoms with Gasteiger partial charge in [0.1, 0.15) is 5.75 Å². The highest BCUT2D eigenvalue weighted by Crippen LogP contribution is 2.28. The molecule has 1 aromatic rings. The number of benzene rings is 1. The van der Waals surface area contributed by atoms with Crippen LogP contribution >= 0.6 is 0 Å². The molecular formula is C16H23N3O4. The quantitative estimate of drug-likeness (QED) is 0.666. The highest BCUT2D eigenvalue weighted by Gasteiger charge is 2.16. The Labute approximate surface area is 135 Å². The molecule has 1 N–H and O–H groups in total. The average molecular weight is 321 g/mol. The SMILES string of the molecule is COc1cc([N+](=O)[O-])ccc1NC(=O)CN1CCCCCCC1. The number of nitro benzene ring substituents is 1. The number of rotatable bonds is 5. The molecule has 2 rings (SSSR count). The smallest absolute Gasteiger partial charge is 0.273 e. The second-order valence-corrected chi connectivity index (χ2v) is 5.73. The van der Waals surface area contributed by atoms with Crippen LogP contribution in [0.25, 0.3) is 0 Å². The molecule has 1 aliphatic rings. The standard InChI is InChI=1S/C16H23N3O4/c1-23-15-11-13(19(21)22)7-8-14(15)17-16(20)12-18-9-5-3-2-4-6-10-18/h7-8,11H,2-6,9-10,12H2,1H3,(H,17,20). The van der Waals surface area contributed by atoms with Gasteiger partial charge in [0.25, 0.3) is 5.69 Å². The molecule has 1 aliphatic heterocycles. The molecule has 126 valence electrons. The van der Waals surface area contributed by atoms with Crippen molar-refractivity contribution in [3.05, 3.63) is 28.3 Å². The summed E-state index contributed by atoms with van der Waals surface area (Å²) in [5.74, 6) is 0.165. The first-order valence-corrected chi connectivity index (χ1v) is 7.95. The van der Waals surface area contributed by atoms with Crippen LogP contribution in [-0.4, -0.2) is 42.5 Å². The van der Waals surface area contributed by atoms with Gasteiger partial charge in [0.05, 0.1) is 30.3 Å². The summed E-state index contributed by atoms with van der Waals surface area (Å²) in [6.07, 6.45) is 5.95. The van der Waals surface area contributed by atoms with E-state index in [2.05, 4.69) is 10.2 Å². The molecule has 0 saturated carbocycles. The minimum Gasteiger partial charge on any atom is -0.494 e. The van der Waals surface area contributed by atoms with Crippen molar-refractivity contribution in [1.29, 1.82) is 0 Å². The molecule has 0 bridgehead atoms. The minimum absolute atomic E-state index is 0.0661. The number of ether oxygens (including phenoxy) is 1. The Balaban J connectivity index is 1.97. The van der Waals surface area contributed by atoms with E-state index in [0.29, 0.717) is 18.0 Å². The lowest BCUT2D eigenvalue weighted by molar-refractivity contribution is -0.384. The molecular weight excluding hydrogens is 298 g/mol. The topological polar surface area (TPSA) is 84.7 Å². The van der Waals surface area contributed by atoms with Gasteiger partial charge in [-0.15, -0.1) is 0 Å². The maximum atomic E-state index is 12.2. The monoisotopic (exact) mass is 321 g/mol. The van der Waals surface area contributed by atoms with Gasteiger partial charge in [-0.3, -0.25) is 19.8 Å². The number of nitrogens with one attached hydrogen (secondary N) is 1. The second kappa shape index (κ2) is 8.47. The molecule has 1 fully saturated rings. The van der Waals surface area contributed by atoms with Crippen molar-refractivity contribution in [1.82, 2.24) is 4.90 Å². The van der Waals surface area contributed by atoms with Crippen molar-refractivity contribution in [3.63, 3.8) is 0 Å². The predicted molar refractivity (Wildman–Crippen MR) is 87.8 cm³/mol. The van der Waals surface area contributed by atoms with E-state index in [-0.39, 0.29) is 11.6 Å². The van der Waals surface area contributed by atoms with Gasteiger partial charge in [-0.05, 0) is 32.0 Å². The maximum absolute atomic E-state index is 12.2. The number of amides is 1. The Morgan fingerprint density at radius 2 is 1.91 bits per heavy atom. The lowest BCUT2D eigenvalue weighted by Crippen LogP contribution is -2.35. The second-order valence-electron chi connectivity index (χ2n) is 5.73. The normalized spacial score (nSPS) is 16.2. The van der Waals surface area contributed by atoms with Crippen LogP contribution in [-0.2, 0) is 4.79 Å². The summed E-state index contributed by atoms with van der Waals surface area (Å²) in [6.45, 7) is 2.20.